The fraction of sp³-hybridized carbons (Fsp3) is 0.750. The van der Waals surface area contributed by atoms with E-state index >= 15 is 0 Å². The first-order valence-electron chi connectivity index (χ1n) is 5.63. The Kier molecular flexibility index (Phi) is 4.81. The molecule has 3 N–H and O–H groups in total. The van der Waals surface area contributed by atoms with Crippen molar-refractivity contribution in [2.75, 3.05) is 6.54 Å². The zero-order valence-electron chi connectivity index (χ0n) is 9.59. The average molecular weight is 229 g/mol. The van der Waals surface area contributed by atoms with Gasteiger partial charge in [-0.15, -0.1) is 11.6 Å². The first kappa shape index (κ1) is 12.7. The fourth-order valence-corrected chi connectivity index (χ4v) is 2.54. The summed E-state index contributed by atoms with van der Waals surface area (Å²) in [4.78, 5) is 0. The molecule has 0 saturated carbocycles. The molecule has 0 aliphatic heterocycles. The number of nitrogens with one attached hydrogen (secondary N) is 1. The van der Waals surface area contributed by atoms with E-state index in [9.17, 15) is 0 Å². The van der Waals surface area contributed by atoms with E-state index in [0.29, 0.717) is 18.4 Å². The number of alkyl halides is 1. The maximum Gasteiger partial charge on any atom is 0.0542 e. The van der Waals surface area contributed by atoms with Crippen LogP contribution in [-0.2, 0) is 0 Å². The van der Waals surface area contributed by atoms with Gasteiger partial charge < -0.3 is 11.1 Å². The largest absolute Gasteiger partial charge is 0.330 e. The van der Waals surface area contributed by atoms with E-state index in [1.54, 1.807) is 0 Å². The molecule has 3 atom stereocenters. The molecule has 0 aromatic heterocycles. The van der Waals surface area contributed by atoms with Crippen molar-refractivity contribution in [2.45, 2.75) is 38.5 Å². The number of rotatable bonds is 4. The third kappa shape index (κ3) is 3.32. The van der Waals surface area contributed by atoms with Gasteiger partial charge in [0.25, 0.3) is 0 Å². The molecule has 3 unspecified atom stereocenters. The molecular formula is C12H21ClN2. The van der Waals surface area contributed by atoms with Crippen molar-refractivity contribution in [1.82, 2.24) is 0 Å². The minimum Gasteiger partial charge on any atom is -0.330 e. The van der Waals surface area contributed by atoms with E-state index in [2.05, 4.69) is 13.0 Å². The maximum atomic E-state index is 7.79. The first-order chi connectivity index (χ1) is 7.06. The van der Waals surface area contributed by atoms with E-state index < -0.39 is 0 Å². The Bertz CT molecular complexity index is 260. The van der Waals surface area contributed by atoms with Crippen LogP contribution in [0, 0.1) is 17.2 Å². The summed E-state index contributed by atoms with van der Waals surface area (Å²) in [6.07, 6.45) is 5.28. The molecular weight excluding hydrogens is 208 g/mol. The lowest BCUT2D eigenvalue weighted by molar-refractivity contribution is 0.417. The highest BCUT2D eigenvalue weighted by atomic mass is 35.5. The monoisotopic (exact) mass is 228 g/mol. The highest BCUT2D eigenvalue weighted by Crippen LogP contribution is 2.33. The molecule has 0 fully saturated rings. The summed E-state index contributed by atoms with van der Waals surface area (Å²) in [6.45, 7) is 4.63. The third-order valence-corrected chi connectivity index (χ3v) is 3.84. The molecule has 0 aromatic rings. The predicted molar refractivity (Wildman–Crippen MR) is 66.7 cm³/mol. The summed E-state index contributed by atoms with van der Waals surface area (Å²) >= 11 is 6.15. The van der Waals surface area contributed by atoms with Gasteiger partial charge in [0.2, 0.25) is 0 Å². The van der Waals surface area contributed by atoms with E-state index in [4.69, 9.17) is 22.7 Å². The zero-order valence-corrected chi connectivity index (χ0v) is 10.3. The van der Waals surface area contributed by atoms with Crippen molar-refractivity contribution in [3.05, 3.63) is 11.6 Å². The molecule has 15 heavy (non-hydrogen) atoms. The Labute approximate surface area is 97.4 Å². The van der Waals surface area contributed by atoms with Crippen LogP contribution in [-0.4, -0.2) is 17.6 Å². The lowest BCUT2D eigenvalue weighted by atomic mass is 9.78. The molecule has 0 spiro atoms. The second-order valence-corrected chi connectivity index (χ2v) is 5.01. The fourth-order valence-electron chi connectivity index (χ4n) is 2.34. The van der Waals surface area contributed by atoms with E-state index in [1.165, 1.54) is 5.57 Å². The number of hydrogen-bond donors (Lipinski definition) is 2. The average Bonchev–Trinajstić information content (AvgIpc) is 2.18. The highest BCUT2D eigenvalue weighted by molar-refractivity contribution is 6.22. The van der Waals surface area contributed by atoms with Crippen LogP contribution in [0.25, 0.3) is 0 Å². The lowest BCUT2D eigenvalue weighted by Crippen LogP contribution is -2.26. The van der Waals surface area contributed by atoms with Crippen molar-refractivity contribution in [3.63, 3.8) is 0 Å². The second-order valence-electron chi connectivity index (χ2n) is 4.49. The molecule has 1 aliphatic rings. The van der Waals surface area contributed by atoms with Gasteiger partial charge in [-0.25, -0.2) is 0 Å². The van der Waals surface area contributed by atoms with Crippen LogP contribution in [0.15, 0.2) is 11.6 Å². The summed E-state index contributed by atoms with van der Waals surface area (Å²) in [7, 11) is 0. The topological polar surface area (TPSA) is 49.9 Å². The van der Waals surface area contributed by atoms with Crippen molar-refractivity contribution in [1.29, 1.82) is 5.41 Å². The van der Waals surface area contributed by atoms with E-state index in [-0.39, 0.29) is 5.38 Å². The normalized spacial score (nSPS) is 28.4. The summed E-state index contributed by atoms with van der Waals surface area (Å²) in [5.74, 6) is 0.787. The molecule has 0 saturated heterocycles. The van der Waals surface area contributed by atoms with Gasteiger partial charge in [0.1, 0.15) is 0 Å². The second kappa shape index (κ2) is 5.66. The van der Waals surface area contributed by atoms with Crippen LogP contribution < -0.4 is 5.73 Å². The predicted octanol–water partition coefficient (Wildman–Crippen LogP) is 2.95. The molecule has 0 heterocycles. The molecule has 1 aliphatic carbocycles. The number of nitrogens with two attached hydrogens (primary N) is 1. The highest BCUT2D eigenvalue weighted by Gasteiger charge is 2.26. The number of allylic oxidation sites excluding steroid dienone is 2. The van der Waals surface area contributed by atoms with Gasteiger partial charge in [-0.05, 0) is 45.6 Å². The Morgan fingerprint density at radius 3 is 2.80 bits per heavy atom. The van der Waals surface area contributed by atoms with Gasteiger partial charge in [-0.1, -0.05) is 11.6 Å². The minimum absolute atomic E-state index is 0.200. The third-order valence-electron chi connectivity index (χ3n) is 3.28. The standard InChI is InChI=1S/C12H21ClN2/c1-8-7-10(3-4-12(8)13)11(5-6-14)9(2)15/h7,10-12,15H,3-6,14H2,1-2H3. The number of halogens is 1. The molecule has 0 amide bonds. The summed E-state index contributed by atoms with van der Waals surface area (Å²) in [5.41, 5.74) is 7.61. The van der Waals surface area contributed by atoms with Gasteiger partial charge in [0.15, 0.2) is 0 Å². The van der Waals surface area contributed by atoms with Gasteiger partial charge in [-0.3, -0.25) is 0 Å². The summed E-state index contributed by atoms with van der Waals surface area (Å²) in [5, 5.41) is 7.99. The Morgan fingerprint density at radius 2 is 2.33 bits per heavy atom. The summed E-state index contributed by atoms with van der Waals surface area (Å²) in [6, 6.07) is 0. The van der Waals surface area contributed by atoms with Crippen LogP contribution >= 0.6 is 11.6 Å². The van der Waals surface area contributed by atoms with Gasteiger partial charge in [-0.2, -0.15) is 0 Å². The first-order valence-corrected chi connectivity index (χ1v) is 6.07. The molecule has 2 nitrogen and oxygen atoms in total. The quantitative estimate of drug-likeness (QED) is 0.434. The maximum absolute atomic E-state index is 7.79. The van der Waals surface area contributed by atoms with E-state index in [0.717, 1.165) is 25.0 Å². The Hall–Kier alpha value is -0.340. The van der Waals surface area contributed by atoms with Crippen LogP contribution in [0.4, 0.5) is 0 Å². The summed E-state index contributed by atoms with van der Waals surface area (Å²) < 4.78 is 0. The number of hydrogen-bond acceptors (Lipinski definition) is 2. The Morgan fingerprint density at radius 1 is 1.67 bits per heavy atom. The minimum atomic E-state index is 0.200. The van der Waals surface area contributed by atoms with Crippen molar-refractivity contribution < 1.29 is 0 Å². The van der Waals surface area contributed by atoms with Crippen LogP contribution in [0.5, 0.6) is 0 Å². The molecule has 0 radical (unpaired) electrons. The van der Waals surface area contributed by atoms with Crippen LogP contribution in [0.1, 0.15) is 33.1 Å². The van der Waals surface area contributed by atoms with Crippen molar-refractivity contribution >= 4 is 17.3 Å². The zero-order chi connectivity index (χ0) is 11.4. The molecule has 1 rings (SSSR count). The molecule has 0 aromatic carbocycles. The van der Waals surface area contributed by atoms with E-state index in [1.807, 2.05) is 6.92 Å². The van der Waals surface area contributed by atoms with Gasteiger partial charge in [0, 0.05) is 11.6 Å². The van der Waals surface area contributed by atoms with Crippen LogP contribution in [0.3, 0.4) is 0 Å². The van der Waals surface area contributed by atoms with Crippen molar-refractivity contribution in [3.8, 4) is 0 Å². The van der Waals surface area contributed by atoms with Gasteiger partial charge in [0.05, 0.1) is 5.38 Å². The molecule has 86 valence electrons. The smallest absolute Gasteiger partial charge is 0.0542 e. The van der Waals surface area contributed by atoms with Gasteiger partial charge >= 0.3 is 0 Å². The lowest BCUT2D eigenvalue weighted by Gasteiger charge is -2.29. The SMILES string of the molecule is CC(=N)C(CCN)C1C=C(C)C(Cl)CC1. The Balaban J connectivity index is 2.73. The molecule has 3 heteroatoms. The van der Waals surface area contributed by atoms with Crippen molar-refractivity contribution in [2.24, 2.45) is 17.6 Å². The molecule has 0 bridgehead atoms. The van der Waals surface area contributed by atoms with Crippen LogP contribution in [0.2, 0.25) is 0 Å².